The van der Waals surface area contributed by atoms with Gasteiger partial charge in [-0.05, 0) is 36.4 Å². The van der Waals surface area contributed by atoms with E-state index in [9.17, 15) is 9.90 Å². The van der Waals surface area contributed by atoms with Crippen LogP contribution in [-0.4, -0.2) is 11.0 Å². The molecule has 0 aliphatic heterocycles. The van der Waals surface area contributed by atoms with Gasteiger partial charge >= 0.3 is 0 Å². The second-order valence-corrected chi connectivity index (χ2v) is 5.17. The van der Waals surface area contributed by atoms with Crippen LogP contribution in [0.5, 0.6) is 5.75 Å². The third-order valence-electron chi connectivity index (χ3n) is 2.46. The minimum atomic E-state index is -0.341. The summed E-state index contributed by atoms with van der Waals surface area (Å²) in [5.74, 6) is -0.380. The molecule has 0 unspecified atom stereocenters. The average Bonchev–Trinajstić information content (AvgIpc) is 2.33. The van der Waals surface area contributed by atoms with Crippen molar-refractivity contribution >= 4 is 44.8 Å². The molecule has 4 N–H and O–H groups in total. The van der Waals surface area contributed by atoms with Gasteiger partial charge in [-0.25, -0.2) is 0 Å². The maximum Gasteiger partial charge on any atom is 0.257 e. The number of rotatable bonds is 2. The number of nitrogens with two attached hydrogens (primary N) is 1. The lowest BCUT2D eigenvalue weighted by molar-refractivity contribution is 0.102. The molecule has 0 aliphatic carbocycles. The molecule has 0 spiro atoms. The molecular formula is C13H10BrClN2O2. The summed E-state index contributed by atoms with van der Waals surface area (Å²) in [6, 6.07) is 9.42. The third-order valence-corrected chi connectivity index (χ3v) is 3.26. The van der Waals surface area contributed by atoms with Gasteiger partial charge < -0.3 is 16.2 Å². The Hall–Kier alpha value is -1.72. The fourth-order valence-corrected chi connectivity index (χ4v) is 2.08. The Morgan fingerprint density at radius 3 is 2.63 bits per heavy atom. The summed E-state index contributed by atoms with van der Waals surface area (Å²) >= 11 is 9.04. The summed E-state index contributed by atoms with van der Waals surface area (Å²) in [4.78, 5) is 12.0. The van der Waals surface area contributed by atoms with Gasteiger partial charge in [-0.2, -0.15) is 0 Å². The number of nitrogen functional groups attached to an aromatic ring is 1. The summed E-state index contributed by atoms with van der Waals surface area (Å²) in [6.07, 6.45) is 0. The fraction of sp³-hybridized carbons (Fsp3) is 0. The van der Waals surface area contributed by atoms with E-state index in [4.69, 9.17) is 17.3 Å². The molecule has 0 saturated heterocycles. The zero-order chi connectivity index (χ0) is 14.0. The number of benzene rings is 2. The number of phenolic OH excluding ortho intramolecular Hbond substituents is 1. The molecule has 0 radical (unpaired) electrons. The van der Waals surface area contributed by atoms with E-state index < -0.39 is 0 Å². The number of nitrogens with one attached hydrogen (secondary N) is 1. The van der Waals surface area contributed by atoms with Gasteiger partial charge in [0.05, 0.1) is 10.6 Å². The summed E-state index contributed by atoms with van der Waals surface area (Å²) in [5, 5.41) is 12.1. The zero-order valence-corrected chi connectivity index (χ0v) is 12.0. The Balaban J connectivity index is 2.23. The molecule has 0 bridgehead atoms. The highest BCUT2D eigenvalue weighted by Crippen LogP contribution is 2.27. The van der Waals surface area contributed by atoms with Crippen molar-refractivity contribution in [1.29, 1.82) is 0 Å². The number of anilines is 2. The van der Waals surface area contributed by atoms with Crippen LogP contribution in [0.3, 0.4) is 0 Å². The quantitative estimate of drug-likeness (QED) is 0.576. The molecule has 4 nitrogen and oxygen atoms in total. The van der Waals surface area contributed by atoms with Gasteiger partial charge in [0.15, 0.2) is 0 Å². The first-order valence-corrected chi connectivity index (χ1v) is 6.49. The maximum absolute atomic E-state index is 12.0. The van der Waals surface area contributed by atoms with E-state index in [-0.39, 0.29) is 16.7 Å². The first kappa shape index (κ1) is 13.7. The molecule has 0 aliphatic rings. The first-order chi connectivity index (χ1) is 8.97. The molecule has 98 valence electrons. The number of carbonyl (C=O) groups is 1. The van der Waals surface area contributed by atoms with Gasteiger partial charge in [-0.15, -0.1) is 0 Å². The molecule has 0 saturated carbocycles. The van der Waals surface area contributed by atoms with Gasteiger partial charge in [0.2, 0.25) is 0 Å². The monoisotopic (exact) mass is 340 g/mol. The van der Waals surface area contributed by atoms with Crippen molar-refractivity contribution in [1.82, 2.24) is 0 Å². The van der Waals surface area contributed by atoms with Gasteiger partial charge in [-0.1, -0.05) is 27.5 Å². The zero-order valence-electron chi connectivity index (χ0n) is 9.65. The SMILES string of the molecule is Nc1cc(Br)ccc1C(=O)Nc1ccc(O)c(Cl)c1. The molecule has 1 amide bonds. The molecule has 2 rings (SSSR count). The number of aromatic hydroxyl groups is 1. The van der Waals surface area contributed by atoms with Crippen molar-refractivity contribution in [3.05, 3.63) is 51.5 Å². The molecular weight excluding hydrogens is 332 g/mol. The maximum atomic E-state index is 12.0. The Labute approximate surface area is 123 Å². The molecule has 0 aromatic heterocycles. The highest BCUT2D eigenvalue weighted by atomic mass is 79.9. The number of amides is 1. The van der Waals surface area contributed by atoms with Crippen molar-refractivity contribution < 1.29 is 9.90 Å². The lowest BCUT2D eigenvalue weighted by Gasteiger charge is -2.08. The van der Waals surface area contributed by atoms with E-state index in [1.165, 1.54) is 12.1 Å². The van der Waals surface area contributed by atoms with E-state index in [0.29, 0.717) is 16.9 Å². The predicted octanol–water partition coefficient (Wildman–Crippen LogP) is 3.64. The highest BCUT2D eigenvalue weighted by molar-refractivity contribution is 9.10. The van der Waals surface area contributed by atoms with Crippen LogP contribution >= 0.6 is 27.5 Å². The standard InChI is InChI=1S/C13H10BrClN2O2/c14-7-1-3-9(11(16)5-7)13(19)17-8-2-4-12(18)10(15)6-8/h1-6,18H,16H2,(H,17,19). The minimum Gasteiger partial charge on any atom is -0.506 e. The molecule has 2 aromatic carbocycles. The molecule has 0 heterocycles. The van der Waals surface area contributed by atoms with E-state index in [1.807, 2.05) is 0 Å². The van der Waals surface area contributed by atoms with Crippen LogP contribution in [0.25, 0.3) is 0 Å². The van der Waals surface area contributed by atoms with Gasteiger partial charge in [-0.3, -0.25) is 4.79 Å². The molecule has 0 atom stereocenters. The number of hydrogen-bond acceptors (Lipinski definition) is 3. The summed E-state index contributed by atoms with van der Waals surface area (Å²) in [6.45, 7) is 0. The second kappa shape index (κ2) is 5.50. The predicted molar refractivity (Wildman–Crippen MR) is 79.6 cm³/mol. The summed E-state index contributed by atoms with van der Waals surface area (Å²) < 4.78 is 0.800. The Bertz CT molecular complexity index is 647. The third kappa shape index (κ3) is 3.19. The molecule has 6 heteroatoms. The number of halogens is 2. The van der Waals surface area contributed by atoms with Gasteiger partial charge in [0, 0.05) is 15.8 Å². The Morgan fingerprint density at radius 2 is 2.00 bits per heavy atom. The van der Waals surface area contributed by atoms with E-state index in [2.05, 4.69) is 21.2 Å². The average molecular weight is 342 g/mol. The van der Waals surface area contributed by atoms with Crippen molar-refractivity contribution in [2.24, 2.45) is 0 Å². The van der Waals surface area contributed by atoms with Crippen LogP contribution in [-0.2, 0) is 0 Å². The largest absolute Gasteiger partial charge is 0.506 e. The van der Waals surface area contributed by atoms with Crippen LogP contribution in [0, 0.1) is 0 Å². The Morgan fingerprint density at radius 1 is 1.26 bits per heavy atom. The minimum absolute atomic E-state index is 0.0391. The summed E-state index contributed by atoms with van der Waals surface area (Å²) in [5.41, 5.74) is 6.99. The lowest BCUT2D eigenvalue weighted by atomic mass is 10.1. The molecule has 2 aromatic rings. The van der Waals surface area contributed by atoms with Crippen LogP contribution in [0.1, 0.15) is 10.4 Å². The topological polar surface area (TPSA) is 75.4 Å². The fourth-order valence-electron chi connectivity index (χ4n) is 1.52. The van der Waals surface area contributed by atoms with E-state index in [1.54, 1.807) is 24.3 Å². The normalized spacial score (nSPS) is 10.2. The van der Waals surface area contributed by atoms with Crippen molar-refractivity contribution in [2.45, 2.75) is 0 Å². The van der Waals surface area contributed by atoms with Crippen LogP contribution < -0.4 is 11.1 Å². The number of hydrogen-bond donors (Lipinski definition) is 3. The first-order valence-electron chi connectivity index (χ1n) is 5.32. The van der Waals surface area contributed by atoms with Crippen molar-refractivity contribution in [3.63, 3.8) is 0 Å². The second-order valence-electron chi connectivity index (χ2n) is 3.85. The van der Waals surface area contributed by atoms with Gasteiger partial charge in [0.1, 0.15) is 5.75 Å². The van der Waals surface area contributed by atoms with Gasteiger partial charge in [0.25, 0.3) is 5.91 Å². The van der Waals surface area contributed by atoms with Crippen molar-refractivity contribution in [2.75, 3.05) is 11.1 Å². The van der Waals surface area contributed by atoms with Crippen LogP contribution in [0.2, 0.25) is 5.02 Å². The van der Waals surface area contributed by atoms with E-state index in [0.717, 1.165) is 4.47 Å². The smallest absolute Gasteiger partial charge is 0.257 e. The van der Waals surface area contributed by atoms with Crippen LogP contribution in [0.4, 0.5) is 11.4 Å². The molecule has 0 fully saturated rings. The van der Waals surface area contributed by atoms with Crippen LogP contribution in [0.15, 0.2) is 40.9 Å². The van der Waals surface area contributed by atoms with E-state index >= 15 is 0 Å². The van der Waals surface area contributed by atoms with Crippen molar-refractivity contribution in [3.8, 4) is 5.75 Å². The lowest BCUT2D eigenvalue weighted by Crippen LogP contribution is -2.13. The Kier molecular flexibility index (Phi) is 3.97. The number of carbonyl (C=O) groups excluding carboxylic acids is 1. The molecule has 19 heavy (non-hydrogen) atoms. The summed E-state index contributed by atoms with van der Waals surface area (Å²) in [7, 11) is 0. The number of phenols is 1. The highest BCUT2D eigenvalue weighted by Gasteiger charge is 2.11.